The molecule has 0 fully saturated rings. The Balaban J connectivity index is 2.09. The van der Waals surface area contributed by atoms with E-state index in [0.29, 0.717) is 6.54 Å². The van der Waals surface area contributed by atoms with Crippen molar-refractivity contribution in [2.24, 2.45) is 11.8 Å². The summed E-state index contributed by atoms with van der Waals surface area (Å²) in [7, 11) is 0. The summed E-state index contributed by atoms with van der Waals surface area (Å²) in [6, 6.07) is 15.2. The van der Waals surface area contributed by atoms with E-state index in [1.54, 1.807) is 18.7 Å². The monoisotopic (exact) mass is 333 g/mol. The molecule has 3 rings (SSSR count). The standard InChI is InChI=1S/C21H19NO3/c1-14(15(2)21(24)25)20(23)22-13-18-9-4-3-7-16(18)11-12-17-8-5-6-10-19(17)22/h3-10,14-15H,13H2,1-2H3,(H,24,25). The van der Waals surface area contributed by atoms with Crippen molar-refractivity contribution in [2.45, 2.75) is 20.4 Å². The molecule has 1 aliphatic rings. The molecule has 1 amide bonds. The second kappa shape index (κ2) is 6.82. The van der Waals surface area contributed by atoms with Crippen molar-refractivity contribution in [1.82, 2.24) is 0 Å². The number of carboxylic acid groups (broad SMARTS) is 1. The molecule has 0 radical (unpaired) electrons. The Kier molecular flexibility index (Phi) is 4.58. The maximum Gasteiger partial charge on any atom is 0.307 e. The third-order valence-electron chi connectivity index (χ3n) is 4.67. The van der Waals surface area contributed by atoms with E-state index in [1.807, 2.05) is 48.5 Å². The zero-order valence-corrected chi connectivity index (χ0v) is 14.2. The van der Waals surface area contributed by atoms with Crippen molar-refractivity contribution >= 4 is 17.6 Å². The first-order chi connectivity index (χ1) is 12.0. The number of hydrogen-bond acceptors (Lipinski definition) is 2. The predicted molar refractivity (Wildman–Crippen MR) is 96.0 cm³/mol. The van der Waals surface area contributed by atoms with Gasteiger partial charge in [0.2, 0.25) is 5.91 Å². The predicted octanol–water partition coefficient (Wildman–Crippen LogP) is 3.29. The molecular formula is C21H19NO3. The van der Waals surface area contributed by atoms with Gasteiger partial charge in [0.15, 0.2) is 0 Å². The maximum atomic E-state index is 13.1. The number of carboxylic acids is 1. The first-order valence-electron chi connectivity index (χ1n) is 8.22. The van der Waals surface area contributed by atoms with Crippen LogP contribution in [-0.4, -0.2) is 17.0 Å². The molecule has 1 aliphatic heterocycles. The Morgan fingerprint density at radius 3 is 2.28 bits per heavy atom. The van der Waals surface area contributed by atoms with Crippen LogP contribution in [0.2, 0.25) is 0 Å². The molecule has 1 N–H and O–H groups in total. The van der Waals surface area contributed by atoms with E-state index in [9.17, 15) is 14.7 Å². The highest BCUT2D eigenvalue weighted by Gasteiger charge is 2.31. The van der Waals surface area contributed by atoms with Crippen molar-refractivity contribution in [2.75, 3.05) is 4.90 Å². The van der Waals surface area contributed by atoms with Gasteiger partial charge in [0, 0.05) is 17.0 Å². The molecule has 0 bridgehead atoms. The van der Waals surface area contributed by atoms with Gasteiger partial charge in [0.05, 0.1) is 18.2 Å². The first-order valence-corrected chi connectivity index (χ1v) is 8.22. The van der Waals surface area contributed by atoms with Gasteiger partial charge in [0.1, 0.15) is 0 Å². The molecule has 2 atom stereocenters. The topological polar surface area (TPSA) is 57.6 Å². The summed E-state index contributed by atoms with van der Waals surface area (Å²) in [4.78, 5) is 26.1. The van der Waals surface area contributed by atoms with Gasteiger partial charge in [-0.25, -0.2) is 0 Å². The summed E-state index contributed by atoms with van der Waals surface area (Å²) in [6.45, 7) is 3.60. The van der Waals surface area contributed by atoms with Crippen LogP contribution in [0.5, 0.6) is 0 Å². The molecule has 1 heterocycles. The fourth-order valence-electron chi connectivity index (χ4n) is 2.86. The molecule has 25 heavy (non-hydrogen) atoms. The van der Waals surface area contributed by atoms with Crippen LogP contribution in [0, 0.1) is 23.7 Å². The average molecular weight is 333 g/mol. The van der Waals surface area contributed by atoms with Gasteiger partial charge in [-0.3, -0.25) is 9.59 Å². The van der Waals surface area contributed by atoms with Gasteiger partial charge in [-0.2, -0.15) is 0 Å². The zero-order chi connectivity index (χ0) is 18.0. The number of para-hydroxylation sites is 1. The van der Waals surface area contributed by atoms with E-state index in [4.69, 9.17) is 0 Å². The van der Waals surface area contributed by atoms with E-state index in [2.05, 4.69) is 11.8 Å². The van der Waals surface area contributed by atoms with Crippen LogP contribution < -0.4 is 4.90 Å². The lowest BCUT2D eigenvalue weighted by molar-refractivity contribution is -0.145. The van der Waals surface area contributed by atoms with Gasteiger partial charge < -0.3 is 10.0 Å². The Bertz CT molecular complexity index is 891. The van der Waals surface area contributed by atoms with Crippen LogP contribution in [0.1, 0.15) is 30.5 Å². The minimum absolute atomic E-state index is 0.208. The van der Waals surface area contributed by atoms with Gasteiger partial charge >= 0.3 is 5.97 Å². The number of fused-ring (bicyclic) bond motifs is 2. The number of amides is 1. The fraction of sp³-hybridized carbons (Fsp3) is 0.238. The van der Waals surface area contributed by atoms with Gasteiger partial charge in [-0.1, -0.05) is 56.0 Å². The normalized spacial score (nSPS) is 14.7. The highest BCUT2D eigenvalue weighted by molar-refractivity contribution is 5.98. The Labute approximate surface area is 147 Å². The van der Waals surface area contributed by atoms with Crippen molar-refractivity contribution in [1.29, 1.82) is 0 Å². The minimum atomic E-state index is -0.971. The number of aliphatic carboxylic acids is 1. The molecule has 0 aliphatic carbocycles. The Hall–Kier alpha value is -3.06. The van der Waals surface area contributed by atoms with Crippen molar-refractivity contribution in [3.8, 4) is 11.8 Å². The second-order valence-electron chi connectivity index (χ2n) is 6.26. The minimum Gasteiger partial charge on any atom is -0.481 e. The number of hydrogen-bond donors (Lipinski definition) is 1. The molecule has 0 saturated heterocycles. The third kappa shape index (κ3) is 3.27. The number of anilines is 1. The highest BCUT2D eigenvalue weighted by Crippen LogP contribution is 2.28. The Morgan fingerprint density at radius 1 is 0.960 bits per heavy atom. The number of benzene rings is 2. The smallest absolute Gasteiger partial charge is 0.307 e. The van der Waals surface area contributed by atoms with E-state index < -0.39 is 17.8 Å². The van der Waals surface area contributed by atoms with Crippen molar-refractivity contribution < 1.29 is 14.7 Å². The number of rotatable bonds is 3. The lowest BCUT2D eigenvalue weighted by atomic mass is 9.93. The molecule has 2 aromatic carbocycles. The lowest BCUT2D eigenvalue weighted by Gasteiger charge is -2.29. The van der Waals surface area contributed by atoms with Crippen LogP contribution in [0.3, 0.4) is 0 Å². The summed E-state index contributed by atoms with van der Waals surface area (Å²) >= 11 is 0. The quantitative estimate of drug-likeness (QED) is 0.877. The maximum absolute atomic E-state index is 13.1. The van der Waals surface area contributed by atoms with Crippen LogP contribution in [0.25, 0.3) is 0 Å². The molecule has 0 spiro atoms. The molecule has 0 aromatic heterocycles. The number of nitrogens with zero attached hydrogens (tertiary/aromatic N) is 1. The third-order valence-corrected chi connectivity index (χ3v) is 4.67. The largest absolute Gasteiger partial charge is 0.481 e. The van der Waals surface area contributed by atoms with Gasteiger partial charge in [0.25, 0.3) is 0 Å². The van der Waals surface area contributed by atoms with Crippen LogP contribution in [0.4, 0.5) is 5.69 Å². The van der Waals surface area contributed by atoms with Crippen LogP contribution in [-0.2, 0) is 16.1 Å². The summed E-state index contributed by atoms with van der Waals surface area (Å²) in [5.41, 5.74) is 3.32. The molecule has 2 aromatic rings. The van der Waals surface area contributed by atoms with Gasteiger partial charge in [-0.05, 0) is 23.8 Å². The summed E-state index contributed by atoms with van der Waals surface area (Å²) in [5.74, 6) is 3.74. The fourth-order valence-corrected chi connectivity index (χ4v) is 2.86. The van der Waals surface area contributed by atoms with E-state index in [0.717, 1.165) is 22.4 Å². The van der Waals surface area contributed by atoms with E-state index >= 15 is 0 Å². The molecule has 4 nitrogen and oxygen atoms in total. The van der Waals surface area contributed by atoms with E-state index in [-0.39, 0.29) is 5.91 Å². The summed E-state index contributed by atoms with van der Waals surface area (Å²) < 4.78 is 0. The van der Waals surface area contributed by atoms with Crippen molar-refractivity contribution in [3.63, 3.8) is 0 Å². The molecular weight excluding hydrogens is 314 g/mol. The average Bonchev–Trinajstić information content (AvgIpc) is 2.61. The number of carbonyl (C=O) groups excluding carboxylic acids is 1. The SMILES string of the molecule is CC(C(=O)O)C(C)C(=O)N1Cc2ccccc2C#Cc2ccccc21. The second-order valence-corrected chi connectivity index (χ2v) is 6.26. The van der Waals surface area contributed by atoms with Gasteiger partial charge in [-0.15, -0.1) is 0 Å². The molecule has 0 saturated carbocycles. The first kappa shape index (κ1) is 16.8. The van der Waals surface area contributed by atoms with E-state index in [1.165, 1.54) is 0 Å². The molecule has 2 unspecified atom stereocenters. The van der Waals surface area contributed by atoms with Crippen molar-refractivity contribution in [3.05, 3.63) is 65.2 Å². The highest BCUT2D eigenvalue weighted by atomic mass is 16.4. The lowest BCUT2D eigenvalue weighted by Crippen LogP contribution is -2.39. The Morgan fingerprint density at radius 2 is 1.56 bits per heavy atom. The molecule has 4 heteroatoms. The summed E-state index contributed by atoms with van der Waals surface area (Å²) in [5, 5.41) is 9.26. The zero-order valence-electron chi connectivity index (χ0n) is 14.2. The van der Waals surface area contributed by atoms with Crippen LogP contribution >= 0.6 is 0 Å². The summed E-state index contributed by atoms with van der Waals surface area (Å²) in [6.07, 6.45) is 0. The number of carbonyl (C=O) groups is 2. The van der Waals surface area contributed by atoms with Crippen LogP contribution in [0.15, 0.2) is 48.5 Å². The molecule has 126 valence electrons.